The third-order valence-corrected chi connectivity index (χ3v) is 11.7. The molecule has 0 bridgehead atoms. The Bertz CT molecular complexity index is 1990. The molecule has 4 aromatic rings. The molecule has 5 heterocycles. The summed E-state index contributed by atoms with van der Waals surface area (Å²) in [7, 11) is 0. The molecule has 280 valence electrons. The number of aromatic amines is 1. The van der Waals surface area contributed by atoms with Gasteiger partial charge in [-0.3, -0.25) is 9.59 Å². The summed E-state index contributed by atoms with van der Waals surface area (Å²) in [6.45, 7) is 14.6. The molecule has 3 aliphatic heterocycles. The Labute approximate surface area is 316 Å². The van der Waals surface area contributed by atoms with Crippen LogP contribution in [0, 0.1) is 19.8 Å². The number of piperidine rings is 1. The highest BCUT2D eigenvalue weighted by molar-refractivity contribution is 7.98. The van der Waals surface area contributed by atoms with E-state index in [-0.39, 0.29) is 36.1 Å². The molecule has 0 spiro atoms. The van der Waals surface area contributed by atoms with Crippen LogP contribution in [0.15, 0.2) is 70.5 Å². The van der Waals surface area contributed by atoms with Crippen LogP contribution in [0.5, 0.6) is 11.5 Å². The smallest absolute Gasteiger partial charge is 0.254 e. The summed E-state index contributed by atoms with van der Waals surface area (Å²) < 4.78 is 19.7. The molecule has 0 saturated carbocycles. The number of pyridine rings is 2. The molecule has 2 N–H and O–H groups in total. The topological polar surface area (TPSA) is 109 Å². The predicted octanol–water partition coefficient (Wildman–Crippen LogP) is 6.76. The fraction of sp³-hybridized carbons (Fsp3) is 0.452. The summed E-state index contributed by atoms with van der Waals surface area (Å²) in [6.07, 6.45) is 6.92. The van der Waals surface area contributed by atoms with Crippen LogP contribution in [0.1, 0.15) is 66.4 Å². The van der Waals surface area contributed by atoms with Crippen molar-refractivity contribution in [3.8, 4) is 22.6 Å². The molecule has 3 atom stereocenters. The van der Waals surface area contributed by atoms with Gasteiger partial charge in [0.1, 0.15) is 5.82 Å². The minimum Gasteiger partial charge on any atom is -0.448 e. The van der Waals surface area contributed by atoms with Crippen molar-refractivity contribution >= 4 is 23.5 Å². The van der Waals surface area contributed by atoms with Gasteiger partial charge in [-0.05, 0) is 96.1 Å². The van der Waals surface area contributed by atoms with Crippen LogP contribution in [-0.4, -0.2) is 77.7 Å². The van der Waals surface area contributed by atoms with E-state index in [1.807, 2.05) is 57.5 Å². The van der Waals surface area contributed by atoms with E-state index in [0.717, 1.165) is 79.5 Å². The molecule has 0 aliphatic carbocycles. The number of ether oxygens (including phenoxy) is 3. The Morgan fingerprint density at radius 3 is 2.42 bits per heavy atom. The van der Waals surface area contributed by atoms with Crippen molar-refractivity contribution in [1.29, 1.82) is 0 Å². The molecule has 11 heteroatoms. The summed E-state index contributed by atoms with van der Waals surface area (Å²) >= 11 is 1.49. The number of aromatic nitrogens is 2. The summed E-state index contributed by atoms with van der Waals surface area (Å²) in [5.41, 5.74) is 5.22. The first-order chi connectivity index (χ1) is 25.5. The third kappa shape index (κ3) is 7.98. The minimum absolute atomic E-state index is 0.0983. The molecule has 2 fully saturated rings. The fourth-order valence-electron chi connectivity index (χ4n) is 8.01. The maximum Gasteiger partial charge on any atom is 0.254 e. The van der Waals surface area contributed by atoms with E-state index in [0.29, 0.717) is 28.2 Å². The van der Waals surface area contributed by atoms with E-state index < -0.39 is 5.79 Å². The van der Waals surface area contributed by atoms with Crippen molar-refractivity contribution in [3.05, 3.63) is 99.1 Å². The number of nitrogens with one attached hydrogen (secondary N) is 2. The molecule has 3 aliphatic rings. The summed E-state index contributed by atoms with van der Waals surface area (Å²) in [5, 5.41) is 3.03. The van der Waals surface area contributed by atoms with Crippen LogP contribution in [0.2, 0.25) is 0 Å². The Morgan fingerprint density at radius 2 is 1.74 bits per heavy atom. The summed E-state index contributed by atoms with van der Waals surface area (Å²) in [5.74, 6) is 1.08. The van der Waals surface area contributed by atoms with Crippen LogP contribution >= 0.6 is 11.8 Å². The number of fused-ring (bicyclic) bond motifs is 1. The molecule has 7 rings (SSSR count). The maximum absolute atomic E-state index is 14.0. The lowest BCUT2D eigenvalue weighted by Gasteiger charge is -2.39. The Morgan fingerprint density at radius 1 is 1.02 bits per heavy atom. The van der Waals surface area contributed by atoms with Gasteiger partial charge in [-0.25, -0.2) is 4.98 Å². The van der Waals surface area contributed by atoms with Crippen LogP contribution in [-0.2, 0) is 17.7 Å². The molecule has 2 aromatic carbocycles. The number of H-pyrrole nitrogens is 1. The molecule has 2 aromatic heterocycles. The fourth-order valence-corrected chi connectivity index (χ4v) is 8.72. The van der Waals surface area contributed by atoms with Crippen LogP contribution in [0.4, 0.5) is 5.82 Å². The van der Waals surface area contributed by atoms with Gasteiger partial charge < -0.3 is 34.3 Å². The Hall–Kier alpha value is -4.32. The van der Waals surface area contributed by atoms with Crippen molar-refractivity contribution in [3.63, 3.8) is 0 Å². The van der Waals surface area contributed by atoms with Gasteiger partial charge in [0.15, 0.2) is 11.5 Å². The SMILES string of the molecule is CSc1cc(C)[nH]c(=O)c1CNC(=O)c1cc(-c2ccc(N3C[C@@H](C)O[C@@H](C)C3)nc2)c2c(c1C)OC(C)(C1CCN(CCc3ccccc3)CC1)O2. The Balaban J connectivity index is 1.15. The van der Waals surface area contributed by atoms with Gasteiger partial charge in [0.05, 0.1) is 12.2 Å². The summed E-state index contributed by atoms with van der Waals surface area (Å²) in [6, 6.07) is 18.5. The monoisotopic (exact) mass is 737 g/mol. The number of benzene rings is 2. The normalized spacial score (nSPS) is 21.9. The van der Waals surface area contributed by atoms with Crippen molar-refractivity contribution < 1.29 is 19.0 Å². The number of thioether (sulfide) groups is 1. The van der Waals surface area contributed by atoms with Gasteiger partial charge in [-0.1, -0.05) is 30.3 Å². The number of amides is 1. The van der Waals surface area contributed by atoms with E-state index in [2.05, 4.69) is 64.3 Å². The van der Waals surface area contributed by atoms with E-state index in [1.165, 1.54) is 17.3 Å². The van der Waals surface area contributed by atoms with Gasteiger partial charge in [0.2, 0.25) is 0 Å². The first-order valence-corrected chi connectivity index (χ1v) is 20.0. The van der Waals surface area contributed by atoms with E-state index in [1.54, 1.807) is 0 Å². The highest BCUT2D eigenvalue weighted by Gasteiger charge is 2.47. The first-order valence-electron chi connectivity index (χ1n) is 18.7. The van der Waals surface area contributed by atoms with Crippen molar-refractivity contribution in [2.45, 2.75) is 83.3 Å². The molecular weight excluding hydrogens is 687 g/mol. The van der Waals surface area contributed by atoms with Gasteiger partial charge >= 0.3 is 0 Å². The number of anilines is 1. The van der Waals surface area contributed by atoms with Gasteiger partial charge in [0.25, 0.3) is 17.3 Å². The lowest BCUT2D eigenvalue weighted by Crippen LogP contribution is -2.48. The van der Waals surface area contributed by atoms with Gasteiger partial charge in [-0.15, -0.1) is 11.8 Å². The quantitative estimate of drug-likeness (QED) is 0.171. The zero-order valence-electron chi connectivity index (χ0n) is 31.7. The second-order valence-corrected chi connectivity index (χ2v) is 15.8. The minimum atomic E-state index is -0.891. The standard InChI is InChI=1S/C42H51N5O5S/c1-26-20-36(53-6)35(41(49)45-26)23-44-40(48)33-21-34(31-12-13-37(43-22-31)47-24-27(2)50-28(3)25-47)39-38(29(33)4)51-42(5,52-39)32-15-18-46(19-16-32)17-14-30-10-8-7-9-11-30/h7-13,20-22,27-28,32H,14-19,23-25H2,1-6H3,(H,44,48)(H,45,49)/t27-,28+,42?. The number of likely N-dealkylation sites (tertiary alicyclic amines) is 1. The Kier molecular flexibility index (Phi) is 10.9. The van der Waals surface area contributed by atoms with Crippen LogP contribution < -0.4 is 25.2 Å². The number of carbonyl (C=O) groups excluding carboxylic acids is 1. The molecule has 53 heavy (non-hydrogen) atoms. The molecular formula is C42H51N5O5S. The number of hydrogen-bond acceptors (Lipinski definition) is 9. The van der Waals surface area contributed by atoms with E-state index in [4.69, 9.17) is 19.2 Å². The number of hydrogen-bond donors (Lipinski definition) is 2. The molecule has 0 radical (unpaired) electrons. The number of morpholine rings is 1. The summed E-state index contributed by atoms with van der Waals surface area (Å²) in [4.78, 5) is 40.3. The number of rotatable bonds is 10. The van der Waals surface area contributed by atoms with E-state index >= 15 is 0 Å². The molecule has 1 amide bonds. The van der Waals surface area contributed by atoms with E-state index in [9.17, 15) is 9.59 Å². The van der Waals surface area contributed by atoms with Crippen LogP contribution in [0.3, 0.4) is 0 Å². The van der Waals surface area contributed by atoms with Crippen LogP contribution in [0.25, 0.3) is 11.1 Å². The third-order valence-electron chi connectivity index (χ3n) is 10.9. The second kappa shape index (κ2) is 15.6. The zero-order valence-corrected chi connectivity index (χ0v) is 32.5. The molecule has 2 saturated heterocycles. The van der Waals surface area contributed by atoms with Crippen molar-refractivity contribution in [2.75, 3.05) is 43.9 Å². The maximum atomic E-state index is 14.0. The highest BCUT2D eigenvalue weighted by atomic mass is 32.2. The second-order valence-electron chi connectivity index (χ2n) is 14.9. The first kappa shape index (κ1) is 37.0. The lowest BCUT2D eigenvalue weighted by molar-refractivity contribution is -0.124. The number of nitrogens with zero attached hydrogens (tertiary/aromatic N) is 3. The average Bonchev–Trinajstić information content (AvgIpc) is 3.52. The van der Waals surface area contributed by atoms with Gasteiger partial charge in [-0.2, -0.15) is 0 Å². The molecule has 10 nitrogen and oxygen atoms in total. The largest absolute Gasteiger partial charge is 0.448 e. The molecule has 1 unspecified atom stereocenters. The van der Waals surface area contributed by atoms with Gasteiger partial charge in [0, 0.05) is 83.6 Å². The highest BCUT2D eigenvalue weighted by Crippen LogP contribution is 2.52. The lowest BCUT2D eigenvalue weighted by atomic mass is 9.89. The van der Waals surface area contributed by atoms with Crippen molar-refractivity contribution in [1.82, 2.24) is 20.2 Å². The number of carbonyl (C=O) groups is 1. The predicted molar refractivity (Wildman–Crippen MR) is 210 cm³/mol. The average molecular weight is 738 g/mol. The number of aryl methyl sites for hydroxylation is 1. The van der Waals surface area contributed by atoms with Crippen molar-refractivity contribution in [2.24, 2.45) is 5.92 Å². The zero-order chi connectivity index (χ0) is 37.3.